The van der Waals surface area contributed by atoms with Crippen molar-refractivity contribution >= 4 is 15.9 Å². The molecule has 1 amide bonds. The van der Waals surface area contributed by atoms with E-state index in [0.29, 0.717) is 49.5 Å². The predicted molar refractivity (Wildman–Crippen MR) is 94.5 cm³/mol. The summed E-state index contributed by atoms with van der Waals surface area (Å²) >= 11 is 0. The molecular weight excluding hydrogens is 344 g/mol. The molecular formula is C17H26N2O5S. The summed E-state index contributed by atoms with van der Waals surface area (Å²) in [6.45, 7) is 5.22. The molecule has 1 saturated heterocycles. The minimum Gasteiger partial charge on any atom is -0.496 e. The van der Waals surface area contributed by atoms with Gasteiger partial charge < -0.3 is 14.4 Å². The maximum absolute atomic E-state index is 13.1. The van der Waals surface area contributed by atoms with E-state index in [9.17, 15) is 13.2 Å². The zero-order valence-electron chi connectivity index (χ0n) is 15.2. The van der Waals surface area contributed by atoms with Gasteiger partial charge in [-0.2, -0.15) is 4.31 Å². The van der Waals surface area contributed by atoms with Gasteiger partial charge in [0, 0.05) is 38.2 Å². The van der Waals surface area contributed by atoms with Crippen molar-refractivity contribution in [2.75, 3.05) is 40.4 Å². The minimum atomic E-state index is -3.72. The van der Waals surface area contributed by atoms with Gasteiger partial charge in [-0.15, -0.1) is 0 Å². The van der Waals surface area contributed by atoms with Crippen LogP contribution in [0.5, 0.6) is 11.5 Å². The average molecular weight is 370 g/mol. The van der Waals surface area contributed by atoms with Gasteiger partial charge >= 0.3 is 0 Å². The van der Waals surface area contributed by atoms with E-state index in [2.05, 4.69) is 0 Å². The summed E-state index contributed by atoms with van der Waals surface area (Å²) in [7, 11) is -0.736. The Morgan fingerprint density at radius 3 is 2.44 bits per heavy atom. The molecule has 0 aromatic heterocycles. The van der Waals surface area contributed by atoms with Crippen LogP contribution >= 0.6 is 0 Å². The predicted octanol–water partition coefficient (Wildman–Crippen LogP) is 1.65. The molecule has 0 unspecified atom stereocenters. The molecule has 25 heavy (non-hydrogen) atoms. The molecule has 0 atom stereocenters. The van der Waals surface area contributed by atoms with Crippen molar-refractivity contribution in [3.63, 3.8) is 0 Å². The Morgan fingerprint density at radius 2 is 1.84 bits per heavy atom. The summed E-state index contributed by atoms with van der Waals surface area (Å²) < 4.78 is 38.3. The summed E-state index contributed by atoms with van der Waals surface area (Å²) in [6.07, 6.45) is 1.04. The molecule has 0 spiro atoms. The SMILES string of the molecule is CCC(=O)N1CCCN(S(=O)(=O)c2ccc(OC)c(C)c2OC)CC1. The second-order valence-electron chi connectivity index (χ2n) is 5.92. The Bertz CT molecular complexity index is 733. The maximum atomic E-state index is 13.1. The molecule has 1 heterocycles. The number of amides is 1. The molecule has 140 valence electrons. The molecule has 0 saturated carbocycles. The number of sulfonamides is 1. The zero-order valence-corrected chi connectivity index (χ0v) is 16.1. The van der Waals surface area contributed by atoms with Crippen molar-refractivity contribution in [3.8, 4) is 11.5 Å². The maximum Gasteiger partial charge on any atom is 0.246 e. The fraction of sp³-hybridized carbons (Fsp3) is 0.588. The van der Waals surface area contributed by atoms with Crippen LogP contribution in [0.25, 0.3) is 0 Å². The topological polar surface area (TPSA) is 76.2 Å². The van der Waals surface area contributed by atoms with Crippen molar-refractivity contribution in [2.45, 2.75) is 31.6 Å². The fourth-order valence-electron chi connectivity index (χ4n) is 3.07. The minimum absolute atomic E-state index is 0.0529. The van der Waals surface area contributed by atoms with Gasteiger partial charge in [0.15, 0.2) is 0 Å². The van der Waals surface area contributed by atoms with Crippen LogP contribution < -0.4 is 9.47 Å². The second-order valence-corrected chi connectivity index (χ2v) is 7.82. The third kappa shape index (κ3) is 3.90. The molecule has 0 N–H and O–H groups in total. The Hall–Kier alpha value is -1.80. The van der Waals surface area contributed by atoms with Crippen LogP contribution in [0.1, 0.15) is 25.3 Å². The van der Waals surface area contributed by atoms with Gasteiger partial charge in [-0.05, 0) is 25.5 Å². The van der Waals surface area contributed by atoms with Crippen LogP contribution in [0.4, 0.5) is 0 Å². The number of hydrogen-bond donors (Lipinski definition) is 0. The molecule has 1 fully saturated rings. The quantitative estimate of drug-likeness (QED) is 0.788. The van der Waals surface area contributed by atoms with E-state index in [4.69, 9.17) is 9.47 Å². The summed E-state index contributed by atoms with van der Waals surface area (Å²) in [5.74, 6) is 0.925. The molecule has 1 aliphatic heterocycles. The van der Waals surface area contributed by atoms with E-state index in [1.165, 1.54) is 24.6 Å². The monoisotopic (exact) mass is 370 g/mol. The summed E-state index contributed by atoms with van der Waals surface area (Å²) in [4.78, 5) is 13.7. The normalized spacial score (nSPS) is 16.4. The first-order valence-electron chi connectivity index (χ1n) is 8.36. The molecule has 0 radical (unpaired) electrons. The highest BCUT2D eigenvalue weighted by molar-refractivity contribution is 7.89. The number of carbonyl (C=O) groups is 1. The number of ether oxygens (including phenoxy) is 2. The van der Waals surface area contributed by atoms with Crippen LogP contribution in [-0.2, 0) is 14.8 Å². The highest BCUT2D eigenvalue weighted by Crippen LogP contribution is 2.35. The molecule has 1 aromatic carbocycles. The Balaban J connectivity index is 2.33. The van der Waals surface area contributed by atoms with Crippen LogP contribution in [-0.4, -0.2) is 63.9 Å². The third-order valence-corrected chi connectivity index (χ3v) is 6.39. The molecule has 1 aromatic rings. The fourth-order valence-corrected chi connectivity index (χ4v) is 4.75. The number of nitrogens with zero attached hydrogens (tertiary/aromatic N) is 2. The zero-order chi connectivity index (χ0) is 18.6. The van der Waals surface area contributed by atoms with E-state index >= 15 is 0 Å². The Kier molecular flexibility index (Phi) is 6.29. The first-order chi connectivity index (χ1) is 11.9. The van der Waals surface area contributed by atoms with E-state index in [-0.39, 0.29) is 17.3 Å². The first kappa shape index (κ1) is 19.5. The lowest BCUT2D eigenvalue weighted by Gasteiger charge is -2.23. The number of rotatable bonds is 5. The van der Waals surface area contributed by atoms with E-state index in [0.717, 1.165) is 0 Å². The van der Waals surface area contributed by atoms with Gasteiger partial charge in [-0.3, -0.25) is 4.79 Å². The number of carbonyl (C=O) groups excluding carboxylic acids is 1. The van der Waals surface area contributed by atoms with Gasteiger partial charge in [0.2, 0.25) is 15.9 Å². The summed E-state index contributed by atoms with van der Waals surface area (Å²) in [5.41, 5.74) is 0.642. The lowest BCUT2D eigenvalue weighted by molar-refractivity contribution is -0.130. The Morgan fingerprint density at radius 1 is 1.12 bits per heavy atom. The molecule has 7 nitrogen and oxygen atoms in total. The van der Waals surface area contributed by atoms with Gasteiger partial charge in [0.25, 0.3) is 0 Å². The number of hydrogen-bond acceptors (Lipinski definition) is 5. The molecule has 1 aliphatic rings. The highest BCUT2D eigenvalue weighted by Gasteiger charge is 2.31. The third-order valence-electron chi connectivity index (χ3n) is 4.47. The lowest BCUT2D eigenvalue weighted by atomic mass is 10.2. The van der Waals surface area contributed by atoms with Crippen LogP contribution in [0.3, 0.4) is 0 Å². The number of benzene rings is 1. The van der Waals surface area contributed by atoms with Crippen molar-refractivity contribution in [2.24, 2.45) is 0 Å². The van der Waals surface area contributed by atoms with Gasteiger partial charge in [-0.25, -0.2) is 8.42 Å². The van der Waals surface area contributed by atoms with E-state index < -0.39 is 10.0 Å². The Labute approximate surface area is 149 Å². The highest BCUT2D eigenvalue weighted by atomic mass is 32.2. The number of methoxy groups -OCH3 is 2. The molecule has 0 aliphatic carbocycles. The van der Waals surface area contributed by atoms with Crippen molar-refractivity contribution in [1.29, 1.82) is 0 Å². The summed E-state index contributed by atoms with van der Waals surface area (Å²) in [5, 5.41) is 0. The summed E-state index contributed by atoms with van der Waals surface area (Å²) in [6, 6.07) is 3.15. The smallest absolute Gasteiger partial charge is 0.246 e. The largest absolute Gasteiger partial charge is 0.496 e. The van der Waals surface area contributed by atoms with Crippen molar-refractivity contribution in [3.05, 3.63) is 17.7 Å². The lowest BCUT2D eigenvalue weighted by Crippen LogP contribution is -2.37. The second kappa shape index (κ2) is 8.05. The van der Waals surface area contributed by atoms with Gasteiger partial charge in [0.05, 0.1) is 14.2 Å². The molecule has 0 bridgehead atoms. The van der Waals surface area contributed by atoms with E-state index in [1.807, 2.05) is 6.92 Å². The van der Waals surface area contributed by atoms with Crippen molar-refractivity contribution < 1.29 is 22.7 Å². The van der Waals surface area contributed by atoms with Crippen molar-refractivity contribution in [1.82, 2.24) is 9.21 Å². The molecule has 2 rings (SSSR count). The van der Waals surface area contributed by atoms with Crippen LogP contribution in [0.15, 0.2) is 17.0 Å². The van der Waals surface area contributed by atoms with Gasteiger partial charge in [0.1, 0.15) is 16.4 Å². The standard InChI is InChI=1S/C17H26N2O5S/c1-5-16(20)18-9-6-10-19(12-11-18)25(21,22)15-8-7-14(23-3)13(2)17(15)24-4/h7-8H,5-6,9-12H2,1-4H3. The van der Waals surface area contributed by atoms with Gasteiger partial charge in [-0.1, -0.05) is 6.92 Å². The van der Waals surface area contributed by atoms with Crippen LogP contribution in [0.2, 0.25) is 0 Å². The van der Waals surface area contributed by atoms with Crippen LogP contribution in [0, 0.1) is 6.92 Å². The van der Waals surface area contributed by atoms with E-state index in [1.54, 1.807) is 17.9 Å². The first-order valence-corrected chi connectivity index (χ1v) is 9.80. The average Bonchev–Trinajstić information content (AvgIpc) is 2.87. The molecule has 8 heteroatoms.